The van der Waals surface area contributed by atoms with E-state index in [-0.39, 0.29) is 17.8 Å². The van der Waals surface area contributed by atoms with Gasteiger partial charge < -0.3 is 10.2 Å². The molecule has 1 N–H and O–H groups in total. The van der Waals surface area contributed by atoms with Crippen molar-refractivity contribution in [3.05, 3.63) is 64.9 Å². The number of anilines is 1. The third-order valence-corrected chi connectivity index (χ3v) is 5.11. The smallest absolute Gasteiger partial charge is 0.237 e. The van der Waals surface area contributed by atoms with Crippen LogP contribution in [0.1, 0.15) is 12.5 Å². The first-order valence-corrected chi connectivity index (χ1v) is 9.18. The summed E-state index contributed by atoms with van der Waals surface area (Å²) in [6, 6.07) is 13.9. The van der Waals surface area contributed by atoms with E-state index in [2.05, 4.69) is 15.1 Å². The highest BCUT2D eigenvalue weighted by atomic mass is 35.5. The second kappa shape index (κ2) is 8.52. The summed E-state index contributed by atoms with van der Waals surface area (Å²) in [5.41, 5.74) is 1.80. The lowest BCUT2D eigenvalue weighted by Crippen LogP contribution is -2.53. The Morgan fingerprint density at radius 3 is 2.58 bits per heavy atom. The van der Waals surface area contributed by atoms with Crippen LogP contribution in [0.25, 0.3) is 0 Å². The summed E-state index contributed by atoms with van der Waals surface area (Å²) < 4.78 is 13.2. The Bertz CT molecular complexity index is 762. The Kier molecular flexibility index (Phi) is 6.12. The van der Waals surface area contributed by atoms with Crippen molar-refractivity contribution in [2.75, 3.05) is 31.1 Å². The molecule has 138 valence electrons. The zero-order valence-electron chi connectivity index (χ0n) is 14.8. The number of carbonyl (C=O) groups excluding carboxylic acids is 1. The van der Waals surface area contributed by atoms with Crippen molar-refractivity contribution in [2.24, 2.45) is 0 Å². The molecule has 0 radical (unpaired) electrons. The molecule has 0 spiro atoms. The van der Waals surface area contributed by atoms with Crippen molar-refractivity contribution >= 4 is 23.2 Å². The Hall–Kier alpha value is -2.11. The number of hydrogen-bond acceptors (Lipinski definition) is 3. The van der Waals surface area contributed by atoms with Gasteiger partial charge in [0.15, 0.2) is 0 Å². The molecule has 1 amide bonds. The molecule has 1 atom stereocenters. The molecule has 1 unspecified atom stereocenters. The zero-order chi connectivity index (χ0) is 18.5. The summed E-state index contributed by atoms with van der Waals surface area (Å²) in [6.07, 6.45) is 0. The van der Waals surface area contributed by atoms with Crippen LogP contribution in [0.2, 0.25) is 5.02 Å². The first kappa shape index (κ1) is 18.7. The fraction of sp³-hybridized carbons (Fsp3) is 0.350. The third kappa shape index (κ3) is 4.54. The van der Waals surface area contributed by atoms with E-state index in [4.69, 9.17) is 11.6 Å². The number of rotatable bonds is 5. The highest BCUT2D eigenvalue weighted by Crippen LogP contribution is 2.26. The van der Waals surface area contributed by atoms with Gasteiger partial charge in [-0.25, -0.2) is 4.39 Å². The third-order valence-electron chi connectivity index (χ3n) is 4.79. The molecule has 26 heavy (non-hydrogen) atoms. The SMILES string of the molecule is CC(C(=O)NCc1cccc(F)c1)N1CCN(c2ccccc2Cl)CC1. The number of para-hydroxylation sites is 1. The maximum atomic E-state index is 13.2. The van der Waals surface area contributed by atoms with E-state index in [0.717, 1.165) is 42.5 Å². The maximum Gasteiger partial charge on any atom is 0.237 e. The highest BCUT2D eigenvalue weighted by Gasteiger charge is 2.26. The number of hydrogen-bond donors (Lipinski definition) is 1. The molecular weight excluding hydrogens is 353 g/mol. The van der Waals surface area contributed by atoms with Crippen LogP contribution in [-0.4, -0.2) is 43.0 Å². The van der Waals surface area contributed by atoms with Crippen LogP contribution in [0.3, 0.4) is 0 Å². The normalized spacial score (nSPS) is 16.3. The van der Waals surface area contributed by atoms with E-state index >= 15 is 0 Å². The summed E-state index contributed by atoms with van der Waals surface area (Å²) in [7, 11) is 0. The largest absolute Gasteiger partial charge is 0.368 e. The Morgan fingerprint density at radius 2 is 1.88 bits per heavy atom. The molecule has 1 heterocycles. The number of piperazine rings is 1. The Balaban J connectivity index is 1.50. The Morgan fingerprint density at radius 1 is 1.15 bits per heavy atom. The van der Waals surface area contributed by atoms with Gasteiger partial charge >= 0.3 is 0 Å². The molecule has 1 fully saturated rings. The second-order valence-electron chi connectivity index (χ2n) is 6.50. The van der Waals surface area contributed by atoms with Gasteiger partial charge in [-0.15, -0.1) is 0 Å². The van der Waals surface area contributed by atoms with E-state index in [1.54, 1.807) is 12.1 Å². The van der Waals surface area contributed by atoms with Gasteiger partial charge in [0.05, 0.1) is 16.8 Å². The predicted molar refractivity (Wildman–Crippen MR) is 103 cm³/mol. The minimum atomic E-state index is -0.291. The molecule has 0 aromatic heterocycles. The minimum Gasteiger partial charge on any atom is -0.368 e. The standard InChI is InChI=1S/C20H23ClFN3O/c1-15(20(26)23-14-16-5-4-6-17(22)13-16)24-9-11-25(12-10-24)19-8-3-2-7-18(19)21/h2-8,13,15H,9-12,14H2,1H3,(H,23,26). The zero-order valence-corrected chi connectivity index (χ0v) is 15.5. The molecule has 1 aliphatic rings. The van der Waals surface area contributed by atoms with Gasteiger partial charge in [0.2, 0.25) is 5.91 Å². The number of benzene rings is 2. The molecule has 2 aromatic rings. The maximum absolute atomic E-state index is 13.2. The topological polar surface area (TPSA) is 35.6 Å². The molecular formula is C20H23ClFN3O. The quantitative estimate of drug-likeness (QED) is 0.870. The summed E-state index contributed by atoms with van der Waals surface area (Å²) in [6.45, 7) is 5.47. The molecule has 2 aromatic carbocycles. The molecule has 4 nitrogen and oxygen atoms in total. The van der Waals surface area contributed by atoms with E-state index < -0.39 is 0 Å². The lowest BCUT2D eigenvalue weighted by molar-refractivity contribution is -0.126. The molecule has 6 heteroatoms. The van der Waals surface area contributed by atoms with Crippen molar-refractivity contribution in [3.63, 3.8) is 0 Å². The van der Waals surface area contributed by atoms with E-state index in [1.807, 2.05) is 31.2 Å². The van der Waals surface area contributed by atoms with Gasteiger partial charge in [0.1, 0.15) is 5.82 Å². The predicted octanol–water partition coefficient (Wildman–Crippen LogP) is 3.31. The fourth-order valence-electron chi connectivity index (χ4n) is 3.21. The van der Waals surface area contributed by atoms with Crippen LogP contribution in [-0.2, 0) is 11.3 Å². The lowest BCUT2D eigenvalue weighted by Gasteiger charge is -2.38. The molecule has 1 aliphatic heterocycles. The van der Waals surface area contributed by atoms with Crippen LogP contribution in [0.15, 0.2) is 48.5 Å². The lowest BCUT2D eigenvalue weighted by atomic mass is 10.1. The van der Waals surface area contributed by atoms with Crippen LogP contribution in [0.5, 0.6) is 0 Å². The fourth-order valence-corrected chi connectivity index (χ4v) is 3.46. The van der Waals surface area contributed by atoms with Crippen LogP contribution >= 0.6 is 11.6 Å². The van der Waals surface area contributed by atoms with Gasteiger partial charge in [-0.05, 0) is 36.8 Å². The average Bonchev–Trinajstić information content (AvgIpc) is 2.66. The summed E-state index contributed by atoms with van der Waals surface area (Å²) >= 11 is 6.27. The van der Waals surface area contributed by atoms with Gasteiger partial charge in [0.25, 0.3) is 0 Å². The molecule has 0 bridgehead atoms. The van der Waals surface area contributed by atoms with Crippen molar-refractivity contribution in [1.29, 1.82) is 0 Å². The van der Waals surface area contributed by atoms with Crippen molar-refractivity contribution < 1.29 is 9.18 Å². The summed E-state index contributed by atoms with van der Waals surface area (Å²) in [4.78, 5) is 16.8. The molecule has 3 rings (SSSR count). The van der Waals surface area contributed by atoms with E-state index in [1.165, 1.54) is 12.1 Å². The molecule has 0 aliphatic carbocycles. The summed E-state index contributed by atoms with van der Waals surface area (Å²) in [5.74, 6) is -0.332. The van der Waals surface area contributed by atoms with E-state index in [9.17, 15) is 9.18 Å². The van der Waals surface area contributed by atoms with Crippen molar-refractivity contribution in [1.82, 2.24) is 10.2 Å². The van der Waals surface area contributed by atoms with Gasteiger partial charge in [-0.2, -0.15) is 0 Å². The number of amides is 1. The van der Waals surface area contributed by atoms with Gasteiger partial charge in [0, 0.05) is 32.7 Å². The first-order chi connectivity index (χ1) is 12.5. The Labute approximate surface area is 158 Å². The van der Waals surface area contributed by atoms with Gasteiger partial charge in [-0.3, -0.25) is 9.69 Å². The van der Waals surface area contributed by atoms with Gasteiger partial charge in [-0.1, -0.05) is 35.9 Å². The van der Waals surface area contributed by atoms with Crippen molar-refractivity contribution in [3.8, 4) is 0 Å². The number of nitrogens with zero attached hydrogens (tertiary/aromatic N) is 2. The highest BCUT2D eigenvalue weighted by molar-refractivity contribution is 6.33. The monoisotopic (exact) mass is 375 g/mol. The van der Waals surface area contributed by atoms with Crippen LogP contribution < -0.4 is 10.2 Å². The first-order valence-electron chi connectivity index (χ1n) is 8.80. The van der Waals surface area contributed by atoms with Crippen LogP contribution in [0.4, 0.5) is 10.1 Å². The average molecular weight is 376 g/mol. The summed E-state index contributed by atoms with van der Waals surface area (Å²) in [5, 5.41) is 3.64. The molecule has 1 saturated heterocycles. The van der Waals surface area contributed by atoms with Crippen molar-refractivity contribution in [2.45, 2.75) is 19.5 Å². The molecule has 0 saturated carbocycles. The van der Waals surface area contributed by atoms with E-state index in [0.29, 0.717) is 6.54 Å². The number of halogens is 2. The number of nitrogens with one attached hydrogen (secondary N) is 1. The number of carbonyl (C=O) groups is 1. The minimum absolute atomic E-state index is 0.0412. The second-order valence-corrected chi connectivity index (χ2v) is 6.91. The van der Waals surface area contributed by atoms with Crippen LogP contribution in [0, 0.1) is 5.82 Å².